The Morgan fingerprint density at radius 2 is 1.76 bits per heavy atom. The van der Waals surface area contributed by atoms with Crippen molar-refractivity contribution in [3.8, 4) is 11.6 Å². The highest BCUT2D eigenvalue weighted by molar-refractivity contribution is 7.91. The van der Waals surface area contributed by atoms with Crippen LogP contribution >= 0.6 is 0 Å². The van der Waals surface area contributed by atoms with Crippen LogP contribution in [0.3, 0.4) is 0 Å². The zero-order chi connectivity index (χ0) is 44.7. The smallest absolute Gasteiger partial charge is 0.306 e. The number of methoxy groups -OCH3 is 1. The molecular formula is C44H56F4N4O9S. The average molecular weight is 893 g/mol. The summed E-state index contributed by atoms with van der Waals surface area (Å²) in [6.45, 7) is 6.47. The molecule has 0 unspecified atom stereocenters. The second kappa shape index (κ2) is 15.9. The van der Waals surface area contributed by atoms with Crippen molar-refractivity contribution < 1.29 is 59.4 Å². The molecule has 2 aliphatic heterocycles. The molecule has 62 heavy (non-hydrogen) atoms. The number of fused-ring (bicyclic) bond motifs is 7. The molecule has 2 aromatic rings. The molecule has 2 amide bonds. The molecule has 1 N–H and O–H groups in total. The lowest BCUT2D eigenvalue weighted by Gasteiger charge is -2.35. The van der Waals surface area contributed by atoms with Crippen LogP contribution in [0.1, 0.15) is 117 Å². The summed E-state index contributed by atoms with van der Waals surface area (Å²) in [5.74, 6) is -7.93. The van der Waals surface area contributed by atoms with E-state index in [1.165, 1.54) is 31.1 Å². The van der Waals surface area contributed by atoms with Crippen LogP contribution in [0.5, 0.6) is 11.6 Å². The van der Waals surface area contributed by atoms with Crippen molar-refractivity contribution >= 4 is 44.6 Å². The number of amides is 2. The molecule has 3 heterocycles. The van der Waals surface area contributed by atoms with E-state index in [4.69, 9.17) is 14.2 Å². The van der Waals surface area contributed by atoms with Gasteiger partial charge in [-0.15, -0.1) is 0 Å². The molecule has 0 spiro atoms. The second-order valence-electron chi connectivity index (χ2n) is 20.1. The number of nitrogens with one attached hydrogen (secondary N) is 1. The van der Waals surface area contributed by atoms with Gasteiger partial charge >= 0.3 is 5.97 Å². The van der Waals surface area contributed by atoms with Gasteiger partial charge in [-0.05, 0) is 93.1 Å². The van der Waals surface area contributed by atoms with Crippen LogP contribution in [-0.4, -0.2) is 89.9 Å². The molecule has 1 aromatic carbocycles. The van der Waals surface area contributed by atoms with E-state index in [9.17, 15) is 36.4 Å². The lowest BCUT2D eigenvalue weighted by atomic mass is 9.77. The van der Waals surface area contributed by atoms with Gasteiger partial charge in [0.05, 0.1) is 53.2 Å². The summed E-state index contributed by atoms with van der Waals surface area (Å²) in [5, 5.41) is 0. The standard InChI is InChI=1S/C44H56F4N4O9S/c1-41(2,3)29-19-36(54)61-34-15-23-14-28(23)27(34)8-6-7-11-44(47,48)37-38(50-31-17-25(59-5)9-10-30(31)49-37)60-26-18-32(52(22-26)39(29)55)33(53)21-43(20-24(43)16-35(45)46)40(56)51-62(57,58)42(4)12-13-42/h9-10,17,23-24,26-29,32,34-35H,6-8,11-16,18-22H2,1-5H3,(H,51,56)/t23-,24+,26+,27+,28-,29+,32-,34+,43+/m0/s1. The third-order valence-corrected chi connectivity index (χ3v) is 16.8. The molecule has 6 aliphatic rings. The number of nitrogens with zero attached hydrogens (tertiary/aromatic N) is 3. The fourth-order valence-electron chi connectivity index (χ4n) is 10.3. The summed E-state index contributed by atoms with van der Waals surface area (Å²) in [7, 11) is -2.76. The van der Waals surface area contributed by atoms with Crippen LogP contribution in [0.4, 0.5) is 17.6 Å². The molecule has 4 saturated carbocycles. The van der Waals surface area contributed by atoms with Gasteiger partial charge in [0.15, 0.2) is 11.5 Å². The summed E-state index contributed by atoms with van der Waals surface area (Å²) in [6, 6.07) is 3.23. The van der Waals surface area contributed by atoms with E-state index in [1.54, 1.807) is 26.8 Å². The highest BCUT2D eigenvalue weighted by atomic mass is 32.2. The van der Waals surface area contributed by atoms with Gasteiger partial charge in [-0.1, -0.05) is 27.2 Å². The number of esters is 1. The van der Waals surface area contributed by atoms with Crippen molar-refractivity contribution in [1.29, 1.82) is 0 Å². The number of Topliss-reactive ketones (excluding diaryl/α,β-unsaturated/α-hetero) is 1. The first-order valence-electron chi connectivity index (χ1n) is 21.8. The topological polar surface area (TPSA) is 171 Å². The molecule has 1 saturated heterocycles. The number of benzene rings is 1. The first-order valence-corrected chi connectivity index (χ1v) is 23.3. The van der Waals surface area contributed by atoms with Crippen molar-refractivity contribution in [3.63, 3.8) is 0 Å². The molecular weight excluding hydrogens is 837 g/mol. The summed E-state index contributed by atoms with van der Waals surface area (Å²) in [6.07, 6.45) is -3.71. The Hall–Kier alpha value is -4.09. The first kappa shape index (κ1) is 44.5. The zero-order valence-corrected chi connectivity index (χ0v) is 36.6. The zero-order valence-electron chi connectivity index (χ0n) is 35.8. The molecule has 8 rings (SSSR count). The Morgan fingerprint density at radius 3 is 2.44 bits per heavy atom. The van der Waals surface area contributed by atoms with Gasteiger partial charge < -0.3 is 19.1 Å². The van der Waals surface area contributed by atoms with E-state index in [-0.39, 0.29) is 49.2 Å². The minimum atomic E-state index is -4.20. The van der Waals surface area contributed by atoms with Crippen LogP contribution in [0.2, 0.25) is 0 Å². The number of carbonyl (C=O) groups excluding carboxylic acids is 4. The van der Waals surface area contributed by atoms with E-state index in [2.05, 4.69) is 14.7 Å². The maximum Gasteiger partial charge on any atom is 0.306 e. The summed E-state index contributed by atoms with van der Waals surface area (Å²) in [4.78, 5) is 67.2. The Kier molecular flexibility index (Phi) is 11.4. The Balaban J connectivity index is 1.16. The summed E-state index contributed by atoms with van der Waals surface area (Å²) >= 11 is 0. The van der Waals surface area contributed by atoms with E-state index in [0.29, 0.717) is 49.7 Å². The van der Waals surface area contributed by atoms with Crippen LogP contribution in [0.25, 0.3) is 11.0 Å². The first-order chi connectivity index (χ1) is 29.0. The van der Waals surface area contributed by atoms with E-state index >= 15 is 8.78 Å². The monoisotopic (exact) mass is 892 g/mol. The van der Waals surface area contributed by atoms with E-state index < -0.39 is 122 Å². The van der Waals surface area contributed by atoms with Crippen molar-refractivity contribution in [1.82, 2.24) is 19.6 Å². The quantitative estimate of drug-likeness (QED) is 0.205. The SMILES string of the molecule is COc1ccc2nc3c(nc2c1)O[C@@H]1C[C@@H](C(=O)C[C@]2(C(=O)NS(=O)(=O)C4(C)CC4)C[C@H]2CC(F)F)N(C1)C(=O)[C@H](C(C)(C)C)CC(=O)O[C@@H]1C[C@@H]2C[C@@H]2[C@H]1CCCCC3(F)F. The van der Waals surface area contributed by atoms with Gasteiger partial charge in [-0.25, -0.2) is 27.2 Å². The van der Waals surface area contributed by atoms with Crippen molar-refractivity contribution in [2.24, 2.45) is 40.4 Å². The maximum atomic E-state index is 16.5. The molecule has 13 nitrogen and oxygen atoms in total. The average Bonchev–Trinajstić information content (AvgIpc) is 4.15. The summed E-state index contributed by atoms with van der Waals surface area (Å²) in [5.41, 5.74) is -3.00. The number of hydrogen-bond acceptors (Lipinski definition) is 11. The van der Waals surface area contributed by atoms with Gasteiger partial charge in [0.25, 0.3) is 5.92 Å². The number of halogens is 4. The van der Waals surface area contributed by atoms with Gasteiger partial charge in [-0.3, -0.25) is 23.9 Å². The number of carbonyl (C=O) groups is 4. The van der Waals surface area contributed by atoms with Crippen LogP contribution in [0.15, 0.2) is 18.2 Å². The highest BCUT2D eigenvalue weighted by Crippen LogP contribution is 2.60. The van der Waals surface area contributed by atoms with Gasteiger partial charge in [-0.2, -0.15) is 8.78 Å². The minimum absolute atomic E-state index is 0.00103. The minimum Gasteiger partial charge on any atom is -0.497 e. The van der Waals surface area contributed by atoms with Crippen molar-refractivity contribution in [3.05, 3.63) is 23.9 Å². The van der Waals surface area contributed by atoms with Gasteiger partial charge in [0.1, 0.15) is 18.0 Å². The van der Waals surface area contributed by atoms with Crippen LogP contribution < -0.4 is 14.2 Å². The lowest BCUT2D eigenvalue weighted by molar-refractivity contribution is -0.158. The number of rotatable bonds is 9. The number of ether oxygens (including phenoxy) is 3. The number of ketones is 1. The van der Waals surface area contributed by atoms with E-state index in [0.717, 1.165) is 6.42 Å². The number of hydrogen-bond donors (Lipinski definition) is 1. The third kappa shape index (κ3) is 8.61. The van der Waals surface area contributed by atoms with Gasteiger partial charge in [0, 0.05) is 31.7 Å². The van der Waals surface area contributed by atoms with Gasteiger partial charge in [0.2, 0.25) is 34.1 Å². The number of sulfonamides is 1. The fraction of sp³-hybridized carbons (Fsp3) is 0.727. The Morgan fingerprint density at radius 1 is 1.02 bits per heavy atom. The molecule has 0 radical (unpaired) electrons. The second-order valence-corrected chi connectivity index (χ2v) is 22.3. The normalized spacial score (nSPS) is 33.0. The van der Waals surface area contributed by atoms with Crippen LogP contribution in [0, 0.1) is 40.4 Å². The van der Waals surface area contributed by atoms with Crippen molar-refractivity contribution in [2.75, 3.05) is 13.7 Å². The largest absolute Gasteiger partial charge is 0.497 e. The lowest BCUT2D eigenvalue weighted by Crippen LogP contribution is -2.49. The molecule has 4 aliphatic carbocycles. The molecule has 18 heteroatoms. The molecule has 2 bridgehead atoms. The molecule has 1 aromatic heterocycles. The summed E-state index contributed by atoms with van der Waals surface area (Å²) < 4.78 is 105. The molecule has 9 atom stereocenters. The third-order valence-electron chi connectivity index (χ3n) is 14.7. The predicted octanol–water partition coefficient (Wildman–Crippen LogP) is 6.89. The van der Waals surface area contributed by atoms with Crippen molar-refractivity contribution in [2.45, 2.75) is 147 Å². The van der Waals surface area contributed by atoms with E-state index in [1.807, 2.05) is 0 Å². The molecule has 340 valence electrons. The molecule has 5 fully saturated rings. The maximum absolute atomic E-state index is 16.5. The fourth-order valence-corrected chi connectivity index (χ4v) is 11.6. The Bertz CT molecular complexity index is 2250. The Labute approximate surface area is 358 Å². The predicted molar refractivity (Wildman–Crippen MR) is 216 cm³/mol. The highest BCUT2D eigenvalue weighted by Gasteiger charge is 2.64. The number of alkyl halides is 4. The number of aromatic nitrogens is 2. The van der Waals surface area contributed by atoms with Crippen LogP contribution in [-0.2, 0) is 39.9 Å².